The molecule has 3 heteroatoms. The van der Waals surface area contributed by atoms with Crippen LogP contribution in [0.2, 0.25) is 0 Å². The van der Waals surface area contributed by atoms with E-state index in [4.69, 9.17) is 9.47 Å². The number of benzene rings is 1. The average Bonchev–Trinajstić information content (AvgIpc) is 2.14. The van der Waals surface area contributed by atoms with E-state index in [0.29, 0.717) is 13.2 Å². The molecule has 0 amide bonds. The molecule has 13 heavy (non-hydrogen) atoms. The van der Waals surface area contributed by atoms with Crippen molar-refractivity contribution in [1.29, 1.82) is 0 Å². The second kappa shape index (κ2) is 5.56. The normalized spacial score (nSPS) is 12.5. The van der Waals surface area contributed by atoms with Crippen LogP contribution in [0.5, 0.6) is 5.75 Å². The minimum absolute atomic E-state index is 0.333. The van der Waals surface area contributed by atoms with E-state index in [1.54, 1.807) is 0 Å². The first-order valence-corrected chi connectivity index (χ1v) is 4.24. The Hall–Kier alpha value is -1.06. The van der Waals surface area contributed by atoms with Gasteiger partial charge >= 0.3 is 0 Å². The third-order valence-electron chi connectivity index (χ3n) is 1.45. The zero-order valence-corrected chi connectivity index (χ0v) is 7.60. The lowest BCUT2D eigenvalue weighted by molar-refractivity contribution is -0.131. The molecule has 71 valence electrons. The van der Waals surface area contributed by atoms with Gasteiger partial charge in [-0.2, -0.15) is 0 Å². The minimum Gasteiger partial charge on any atom is -0.491 e. The van der Waals surface area contributed by atoms with Gasteiger partial charge in [-0.3, -0.25) is 0 Å². The Labute approximate surface area is 77.9 Å². The van der Waals surface area contributed by atoms with Crippen molar-refractivity contribution in [3.05, 3.63) is 30.3 Å². The summed E-state index contributed by atoms with van der Waals surface area (Å²) in [6.07, 6.45) is -0.973. The summed E-state index contributed by atoms with van der Waals surface area (Å²) in [7, 11) is 0. The number of ether oxygens (including phenoxy) is 2. The monoisotopic (exact) mass is 181 g/mol. The van der Waals surface area contributed by atoms with Crippen molar-refractivity contribution < 1.29 is 14.6 Å². The molecule has 0 N–H and O–H groups in total. The Kier molecular flexibility index (Phi) is 4.29. The fourth-order valence-electron chi connectivity index (χ4n) is 0.890. The summed E-state index contributed by atoms with van der Waals surface area (Å²) >= 11 is 0. The quantitative estimate of drug-likeness (QED) is 0.513. The molecule has 0 aliphatic carbocycles. The van der Waals surface area contributed by atoms with Crippen molar-refractivity contribution in [3.63, 3.8) is 0 Å². The molecule has 1 aromatic rings. The van der Waals surface area contributed by atoms with Crippen LogP contribution in [0.4, 0.5) is 0 Å². The molecule has 3 nitrogen and oxygen atoms in total. The van der Waals surface area contributed by atoms with Gasteiger partial charge < -0.3 is 9.47 Å². The number of hydrogen-bond donors (Lipinski definition) is 0. The molecule has 0 heterocycles. The highest BCUT2D eigenvalue weighted by Crippen LogP contribution is 2.07. The van der Waals surface area contributed by atoms with Crippen LogP contribution in [0.1, 0.15) is 6.92 Å². The molecular weight excluding hydrogens is 168 g/mol. The highest BCUT2D eigenvalue weighted by Gasteiger charge is 1.96. The fourth-order valence-corrected chi connectivity index (χ4v) is 0.890. The van der Waals surface area contributed by atoms with Gasteiger partial charge in [0.1, 0.15) is 12.4 Å². The lowest BCUT2D eigenvalue weighted by atomic mass is 10.3. The lowest BCUT2D eigenvalue weighted by Crippen LogP contribution is -2.12. The predicted octanol–water partition coefficient (Wildman–Crippen LogP) is 1.86. The Morgan fingerprint density at radius 1 is 1.23 bits per heavy atom. The molecule has 1 unspecified atom stereocenters. The van der Waals surface area contributed by atoms with Crippen molar-refractivity contribution in [2.75, 3.05) is 13.2 Å². The number of para-hydroxylation sites is 1. The summed E-state index contributed by atoms with van der Waals surface area (Å²) < 4.78 is 10.1. The summed E-state index contributed by atoms with van der Waals surface area (Å²) in [6, 6.07) is 9.43. The molecule has 1 atom stereocenters. The third-order valence-corrected chi connectivity index (χ3v) is 1.45. The highest BCUT2D eigenvalue weighted by molar-refractivity contribution is 5.20. The average molecular weight is 181 g/mol. The summed E-state index contributed by atoms with van der Waals surface area (Å²) in [6.45, 7) is 2.21. The first-order chi connectivity index (χ1) is 6.29. The molecular formula is C10H13O3. The van der Waals surface area contributed by atoms with Crippen molar-refractivity contribution in [3.8, 4) is 5.75 Å². The van der Waals surface area contributed by atoms with Gasteiger partial charge in [0, 0.05) is 0 Å². The Bertz CT molecular complexity index is 221. The van der Waals surface area contributed by atoms with Crippen LogP contribution in [-0.2, 0) is 9.84 Å². The Morgan fingerprint density at radius 2 is 1.92 bits per heavy atom. The van der Waals surface area contributed by atoms with Gasteiger partial charge in [-0.1, -0.05) is 18.2 Å². The first-order valence-electron chi connectivity index (χ1n) is 4.24. The van der Waals surface area contributed by atoms with Crippen LogP contribution >= 0.6 is 0 Å². The molecule has 1 radical (unpaired) electrons. The molecule has 1 aromatic carbocycles. The van der Waals surface area contributed by atoms with Crippen molar-refractivity contribution in [2.45, 2.75) is 13.2 Å². The molecule has 0 bridgehead atoms. The fraction of sp³-hybridized carbons (Fsp3) is 0.400. The summed E-state index contributed by atoms with van der Waals surface area (Å²) in [5.74, 6) is 0.796. The lowest BCUT2D eigenvalue weighted by Gasteiger charge is -2.06. The van der Waals surface area contributed by atoms with Gasteiger partial charge in [-0.15, -0.1) is 0 Å². The molecule has 0 saturated heterocycles. The van der Waals surface area contributed by atoms with E-state index in [1.807, 2.05) is 30.3 Å². The van der Waals surface area contributed by atoms with Gasteiger partial charge in [0.15, 0.2) is 6.29 Å². The molecule has 0 aliphatic rings. The van der Waals surface area contributed by atoms with Crippen LogP contribution in [0, 0.1) is 0 Å². The van der Waals surface area contributed by atoms with Gasteiger partial charge in [-0.25, -0.2) is 5.11 Å². The minimum atomic E-state index is -0.973. The van der Waals surface area contributed by atoms with E-state index in [0.717, 1.165) is 5.75 Å². The predicted molar refractivity (Wildman–Crippen MR) is 48.0 cm³/mol. The third kappa shape index (κ3) is 4.50. The largest absolute Gasteiger partial charge is 0.491 e. The van der Waals surface area contributed by atoms with Crippen molar-refractivity contribution in [2.24, 2.45) is 0 Å². The number of hydrogen-bond acceptors (Lipinski definition) is 2. The van der Waals surface area contributed by atoms with Gasteiger partial charge in [-0.05, 0) is 19.1 Å². The van der Waals surface area contributed by atoms with E-state index in [2.05, 4.69) is 0 Å². The Balaban J connectivity index is 2.13. The SMILES string of the molecule is CC([O])OCCOc1ccccc1. The van der Waals surface area contributed by atoms with E-state index >= 15 is 0 Å². The van der Waals surface area contributed by atoms with Crippen LogP contribution in [0.3, 0.4) is 0 Å². The molecule has 1 rings (SSSR count). The standard InChI is InChI=1S/C10H13O3/c1-9(11)12-7-8-13-10-5-3-2-4-6-10/h2-6,9H,7-8H2,1H3. The van der Waals surface area contributed by atoms with Crippen LogP contribution < -0.4 is 4.74 Å². The van der Waals surface area contributed by atoms with Crippen LogP contribution in [-0.4, -0.2) is 19.5 Å². The maximum Gasteiger partial charge on any atom is 0.188 e. The van der Waals surface area contributed by atoms with Gasteiger partial charge in [0.05, 0.1) is 6.61 Å². The second-order valence-corrected chi connectivity index (χ2v) is 2.60. The van der Waals surface area contributed by atoms with E-state index < -0.39 is 6.29 Å². The zero-order chi connectivity index (χ0) is 9.52. The topological polar surface area (TPSA) is 38.4 Å². The van der Waals surface area contributed by atoms with Crippen LogP contribution in [0.15, 0.2) is 30.3 Å². The Morgan fingerprint density at radius 3 is 2.54 bits per heavy atom. The van der Waals surface area contributed by atoms with Crippen LogP contribution in [0.25, 0.3) is 0 Å². The molecule has 0 aliphatic heterocycles. The van der Waals surface area contributed by atoms with E-state index in [9.17, 15) is 5.11 Å². The van der Waals surface area contributed by atoms with Gasteiger partial charge in [0.2, 0.25) is 0 Å². The maximum absolute atomic E-state index is 10.5. The second-order valence-electron chi connectivity index (χ2n) is 2.60. The summed E-state index contributed by atoms with van der Waals surface area (Å²) in [5.41, 5.74) is 0. The summed E-state index contributed by atoms with van der Waals surface area (Å²) in [4.78, 5) is 0. The summed E-state index contributed by atoms with van der Waals surface area (Å²) in [5, 5.41) is 10.5. The van der Waals surface area contributed by atoms with Crippen molar-refractivity contribution in [1.82, 2.24) is 0 Å². The van der Waals surface area contributed by atoms with E-state index in [1.165, 1.54) is 6.92 Å². The maximum atomic E-state index is 10.5. The smallest absolute Gasteiger partial charge is 0.188 e. The molecule has 0 saturated carbocycles. The molecule has 0 fully saturated rings. The van der Waals surface area contributed by atoms with Gasteiger partial charge in [0.25, 0.3) is 0 Å². The van der Waals surface area contributed by atoms with E-state index in [-0.39, 0.29) is 0 Å². The first kappa shape index (κ1) is 10.0. The number of rotatable bonds is 5. The zero-order valence-electron chi connectivity index (χ0n) is 7.60. The molecule has 0 spiro atoms. The molecule has 0 aromatic heterocycles. The van der Waals surface area contributed by atoms with Crippen molar-refractivity contribution >= 4 is 0 Å². The highest BCUT2D eigenvalue weighted by atomic mass is 16.6.